The Bertz CT molecular complexity index is 223. The van der Waals surface area contributed by atoms with Crippen LogP contribution < -0.4 is 0 Å². The van der Waals surface area contributed by atoms with Crippen molar-refractivity contribution in [2.24, 2.45) is 0 Å². The lowest BCUT2D eigenvalue weighted by molar-refractivity contribution is 0.535. The van der Waals surface area contributed by atoms with E-state index < -0.39 is 11.1 Å². The number of hydrogen-bond donors (Lipinski definition) is 1. The van der Waals surface area contributed by atoms with Gasteiger partial charge >= 0.3 is 0 Å². The summed E-state index contributed by atoms with van der Waals surface area (Å²) in [7, 11) is 0. The number of halogens is 1. The molecule has 122 valence electrons. The van der Waals surface area contributed by atoms with Crippen LogP contribution in [0.25, 0.3) is 0 Å². The average molecular weight is 325 g/mol. The molecule has 0 aromatic heterocycles. The third-order valence-corrected chi connectivity index (χ3v) is 4.53. The summed E-state index contributed by atoms with van der Waals surface area (Å²) in [5, 5.41) is 0.340. The van der Waals surface area contributed by atoms with Gasteiger partial charge in [0.2, 0.25) is 0 Å². The van der Waals surface area contributed by atoms with Gasteiger partial charge in [0, 0.05) is 11.1 Å². The molecule has 2 nitrogen and oxygen atoms in total. The molecular weight excluding hydrogens is 292 g/mol. The van der Waals surface area contributed by atoms with E-state index in [-0.39, 0.29) is 0 Å². The normalized spacial score (nSPS) is 14.3. The number of unbranched alkanes of at least 4 members (excludes halogenated alkanes) is 11. The van der Waals surface area contributed by atoms with Crippen LogP contribution in [-0.4, -0.2) is 19.9 Å². The predicted molar refractivity (Wildman–Crippen MR) is 91.0 cm³/mol. The molecule has 0 heterocycles. The van der Waals surface area contributed by atoms with Gasteiger partial charge in [-0.1, -0.05) is 70.6 Å². The second-order valence-corrected chi connectivity index (χ2v) is 7.63. The van der Waals surface area contributed by atoms with E-state index >= 15 is 0 Å². The molecule has 1 N–H and O–H groups in total. The SMILES string of the molecule is CC(Cl)CCCCCCCCCCCCCCS(=O)O. The third-order valence-electron chi connectivity index (χ3n) is 3.67. The summed E-state index contributed by atoms with van der Waals surface area (Å²) in [5.74, 6) is 0.447. The van der Waals surface area contributed by atoms with E-state index in [2.05, 4.69) is 6.92 Å². The molecule has 0 spiro atoms. The van der Waals surface area contributed by atoms with Gasteiger partial charge in [0.1, 0.15) is 0 Å². The highest BCUT2D eigenvalue weighted by atomic mass is 35.5. The van der Waals surface area contributed by atoms with Gasteiger partial charge in [-0.3, -0.25) is 0 Å². The number of rotatable bonds is 15. The molecule has 0 amide bonds. The van der Waals surface area contributed by atoms with Crippen LogP contribution in [0.2, 0.25) is 0 Å². The van der Waals surface area contributed by atoms with Crippen molar-refractivity contribution in [1.29, 1.82) is 0 Å². The molecule has 0 aromatic rings. The number of hydrogen-bond acceptors (Lipinski definition) is 1. The lowest BCUT2D eigenvalue weighted by atomic mass is 10.0. The first-order valence-corrected chi connectivity index (χ1v) is 10.1. The minimum absolute atomic E-state index is 0.340. The second kappa shape index (κ2) is 15.8. The fourth-order valence-electron chi connectivity index (χ4n) is 2.42. The Morgan fingerprint density at radius 3 is 1.50 bits per heavy atom. The third kappa shape index (κ3) is 18.4. The minimum Gasteiger partial charge on any atom is -0.306 e. The molecule has 0 rings (SSSR count). The summed E-state index contributed by atoms with van der Waals surface area (Å²) < 4.78 is 19.1. The maximum Gasteiger partial charge on any atom is 0.152 e. The van der Waals surface area contributed by atoms with Crippen molar-refractivity contribution in [3.63, 3.8) is 0 Å². The summed E-state index contributed by atoms with van der Waals surface area (Å²) in [6.07, 6.45) is 16.4. The molecule has 0 aliphatic heterocycles. The summed E-state index contributed by atoms with van der Waals surface area (Å²) in [5.41, 5.74) is 0. The van der Waals surface area contributed by atoms with Crippen molar-refractivity contribution in [1.82, 2.24) is 0 Å². The maximum atomic E-state index is 10.4. The molecule has 0 bridgehead atoms. The Hall–Kier alpha value is 0.400. The van der Waals surface area contributed by atoms with E-state index in [1.807, 2.05) is 0 Å². The summed E-state index contributed by atoms with van der Waals surface area (Å²) in [4.78, 5) is 0. The Morgan fingerprint density at radius 2 is 1.15 bits per heavy atom. The van der Waals surface area contributed by atoms with Gasteiger partial charge in [-0.25, -0.2) is 4.21 Å². The monoisotopic (exact) mass is 324 g/mol. The first-order chi connectivity index (χ1) is 9.63. The van der Waals surface area contributed by atoms with Crippen LogP contribution in [0.15, 0.2) is 0 Å². The molecule has 0 saturated carbocycles. The van der Waals surface area contributed by atoms with Crippen LogP contribution in [0.5, 0.6) is 0 Å². The highest BCUT2D eigenvalue weighted by Gasteiger charge is 1.97. The molecular formula is C16H33ClO2S. The van der Waals surface area contributed by atoms with Gasteiger partial charge < -0.3 is 4.55 Å². The first-order valence-electron chi connectivity index (χ1n) is 8.34. The highest BCUT2D eigenvalue weighted by Crippen LogP contribution is 2.13. The zero-order valence-corrected chi connectivity index (χ0v) is 14.7. The Balaban J connectivity index is 2.97. The van der Waals surface area contributed by atoms with E-state index in [1.54, 1.807) is 0 Å². The molecule has 0 aliphatic carbocycles. The standard InChI is InChI=1S/C16H33ClO2S/c1-16(17)14-12-10-8-6-4-2-3-5-7-9-11-13-15-20(18)19/h16H,2-15H2,1H3,(H,18,19). The smallest absolute Gasteiger partial charge is 0.152 e. The quantitative estimate of drug-likeness (QED) is 0.231. The molecule has 2 atom stereocenters. The van der Waals surface area contributed by atoms with Gasteiger partial charge in [0.05, 0.1) is 0 Å². The van der Waals surface area contributed by atoms with Gasteiger partial charge in [-0.2, -0.15) is 0 Å². The molecule has 2 unspecified atom stereocenters. The molecule has 0 radical (unpaired) electrons. The molecule has 0 aromatic carbocycles. The Morgan fingerprint density at radius 1 is 0.800 bits per heavy atom. The fraction of sp³-hybridized carbons (Fsp3) is 1.00. The minimum atomic E-state index is -1.59. The second-order valence-electron chi connectivity index (χ2n) is 5.84. The van der Waals surface area contributed by atoms with E-state index in [0.29, 0.717) is 11.1 Å². The van der Waals surface area contributed by atoms with E-state index in [4.69, 9.17) is 16.2 Å². The van der Waals surface area contributed by atoms with Crippen molar-refractivity contribution in [3.05, 3.63) is 0 Å². The molecule has 0 fully saturated rings. The van der Waals surface area contributed by atoms with Crippen LogP contribution in [0.4, 0.5) is 0 Å². The van der Waals surface area contributed by atoms with Crippen molar-refractivity contribution in [2.75, 3.05) is 5.75 Å². The van der Waals surface area contributed by atoms with Crippen LogP contribution in [-0.2, 0) is 11.1 Å². The maximum absolute atomic E-state index is 10.4. The number of alkyl halides is 1. The van der Waals surface area contributed by atoms with Crippen molar-refractivity contribution in [3.8, 4) is 0 Å². The Kier molecular flexibility index (Phi) is 16.1. The molecule has 0 saturated heterocycles. The van der Waals surface area contributed by atoms with Crippen LogP contribution >= 0.6 is 11.6 Å². The molecule has 0 aliphatic rings. The van der Waals surface area contributed by atoms with E-state index in [1.165, 1.54) is 64.2 Å². The zero-order valence-electron chi connectivity index (χ0n) is 13.1. The largest absolute Gasteiger partial charge is 0.306 e. The van der Waals surface area contributed by atoms with E-state index in [9.17, 15) is 4.21 Å². The summed E-state index contributed by atoms with van der Waals surface area (Å²) in [6, 6.07) is 0. The van der Waals surface area contributed by atoms with E-state index in [0.717, 1.165) is 19.3 Å². The van der Waals surface area contributed by atoms with Crippen molar-refractivity contribution in [2.45, 2.75) is 95.8 Å². The van der Waals surface area contributed by atoms with Gasteiger partial charge in [0.25, 0.3) is 0 Å². The highest BCUT2D eigenvalue weighted by molar-refractivity contribution is 7.79. The average Bonchev–Trinajstić information content (AvgIpc) is 2.38. The van der Waals surface area contributed by atoms with Crippen LogP contribution in [0.3, 0.4) is 0 Å². The van der Waals surface area contributed by atoms with Crippen molar-refractivity contribution < 1.29 is 8.76 Å². The topological polar surface area (TPSA) is 37.3 Å². The van der Waals surface area contributed by atoms with Crippen LogP contribution in [0.1, 0.15) is 90.4 Å². The summed E-state index contributed by atoms with van der Waals surface area (Å²) in [6.45, 7) is 2.07. The lowest BCUT2D eigenvalue weighted by Crippen LogP contribution is -1.94. The molecule has 4 heteroatoms. The zero-order chi connectivity index (χ0) is 15.1. The predicted octanol–water partition coefficient (Wildman–Crippen LogP) is 5.91. The van der Waals surface area contributed by atoms with Gasteiger partial charge in [-0.05, 0) is 19.8 Å². The van der Waals surface area contributed by atoms with Crippen LogP contribution in [0, 0.1) is 0 Å². The Labute approximate surface area is 133 Å². The summed E-state index contributed by atoms with van der Waals surface area (Å²) >= 11 is 4.32. The van der Waals surface area contributed by atoms with Gasteiger partial charge in [-0.15, -0.1) is 11.6 Å². The first kappa shape index (κ1) is 20.4. The van der Waals surface area contributed by atoms with Gasteiger partial charge in [0.15, 0.2) is 11.1 Å². The lowest BCUT2D eigenvalue weighted by Gasteiger charge is -2.04. The molecule has 20 heavy (non-hydrogen) atoms. The van der Waals surface area contributed by atoms with Crippen molar-refractivity contribution >= 4 is 22.7 Å². The fourth-order valence-corrected chi connectivity index (χ4v) is 3.02.